The number of aryl methyl sites for hydroxylation is 2. The summed E-state index contributed by atoms with van der Waals surface area (Å²) in [6.45, 7) is 6.12. The normalized spacial score (nSPS) is 11.2. The molecule has 0 heterocycles. The number of halogens is 1. The van der Waals surface area contributed by atoms with Crippen LogP contribution < -0.4 is 16.4 Å². The Kier molecular flexibility index (Phi) is 10.5. The van der Waals surface area contributed by atoms with E-state index in [4.69, 9.17) is 5.73 Å². The molecule has 4 N–H and O–H groups in total. The summed E-state index contributed by atoms with van der Waals surface area (Å²) in [4.78, 5) is 15.8. The highest BCUT2D eigenvalue weighted by molar-refractivity contribution is 6.02. The van der Waals surface area contributed by atoms with Gasteiger partial charge in [0.2, 0.25) is 5.96 Å². The summed E-state index contributed by atoms with van der Waals surface area (Å²) < 4.78 is 0. The second kappa shape index (κ2) is 11.5. The molecular weight excluding hydrogens is 312 g/mol. The molecule has 0 saturated heterocycles. The van der Waals surface area contributed by atoms with Crippen molar-refractivity contribution in [2.45, 2.75) is 46.5 Å². The van der Waals surface area contributed by atoms with E-state index in [0.717, 1.165) is 29.7 Å². The smallest absolute Gasteiger partial charge is 0.326 e. The fraction of sp³-hybridized carbons (Fsp3) is 0.412. The predicted molar refractivity (Wildman–Crippen MR) is 100 cm³/mol. The Morgan fingerprint density at radius 3 is 2.70 bits per heavy atom. The van der Waals surface area contributed by atoms with Crippen LogP contribution in [0.2, 0.25) is 0 Å². The van der Waals surface area contributed by atoms with Crippen LogP contribution in [0.15, 0.2) is 35.5 Å². The molecule has 0 radical (unpaired) electrons. The summed E-state index contributed by atoms with van der Waals surface area (Å²) in [5, 5.41) is 5.25. The third-order valence-electron chi connectivity index (χ3n) is 3.17. The van der Waals surface area contributed by atoms with E-state index in [1.807, 2.05) is 38.1 Å². The minimum atomic E-state index is -0.396. The maximum Gasteiger partial charge on any atom is 0.326 e. The number of aliphatic imine (C=N–C) groups is 1. The number of guanidine groups is 1. The second-order valence-electron chi connectivity index (χ2n) is 5.29. The molecule has 0 aliphatic heterocycles. The number of hydrogen-bond acceptors (Lipinski definition) is 2. The first-order valence-electron chi connectivity index (χ1n) is 7.66. The molecule has 0 atom stereocenters. The first-order valence-corrected chi connectivity index (χ1v) is 7.66. The summed E-state index contributed by atoms with van der Waals surface area (Å²) in [6, 6.07) is 5.42. The van der Waals surface area contributed by atoms with E-state index in [-0.39, 0.29) is 18.4 Å². The molecule has 0 fully saturated rings. The van der Waals surface area contributed by atoms with Crippen LogP contribution in [-0.4, -0.2) is 12.0 Å². The van der Waals surface area contributed by atoms with Crippen molar-refractivity contribution in [2.24, 2.45) is 10.7 Å². The number of unbranched alkanes of at least 4 members (excludes halogenated alkanes) is 3. The fourth-order valence-electron chi connectivity index (χ4n) is 1.98. The number of anilines is 1. The monoisotopic (exact) mass is 338 g/mol. The molecule has 0 unspecified atom stereocenters. The van der Waals surface area contributed by atoms with E-state index in [9.17, 15) is 4.79 Å². The van der Waals surface area contributed by atoms with Crippen molar-refractivity contribution in [1.29, 1.82) is 0 Å². The number of nitrogens with one attached hydrogen (secondary N) is 2. The summed E-state index contributed by atoms with van der Waals surface area (Å²) >= 11 is 0. The highest BCUT2D eigenvalue weighted by Gasteiger charge is 2.05. The Hall–Kier alpha value is -2.01. The number of rotatable bonds is 6. The highest BCUT2D eigenvalue weighted by atomic mass is 35.5. The lowest BCUT2D eigenvalue weighted by Gasteiger charge is -2.09. The minimum Gasteiger partial charge on any atom is -0.369 e. The van der Waals surface area contributed by atoms with Crippen LogP contribution in [0.25, 0.3) is 0 Å². The number of urea groups is 1. The van der Waals surface area contributed by atoms with Gasteiger partial charge >= 0.3 is 6.03 Å². The lowest BCUT2D eigenvalue weighted by atomic mass is 10.1. The van der Waals surface area contributed by atoms with Gasteiger partial charge in [-0.2, -0.15) is 0 Å². The number of amides is 2. The van der Waals surface area contributed by atoms with Gasteiger partial charge < -0.3 is 11.1 Å². The lowest BCUT2D eigenvalue weighted by molar-refractivity contribution is 0.256. The zero-order valence-corrected chi connectivity index (χ0v) is 14.9. The van der Waals surface area contributed by atoms with Crippen molar-refractivity contribution in [3.63, 3.8) is 0 Å². The largest absolute Gasteiger partial charge is 0.369 e. The molecule has 1 aromatic rings. The molecule has 0 aromatic heterocycles. The molecule has 0 aliphatic carbocycles. The number of benzene rings is 1. The van der Waals surface area contributed by atoms with Gasteiger partial charge in [-0.3, -0.25) is 5.32 Å². The molecule has 1 rings (SSSR count). The van der Waals surface area contributed by atoms with Gasteiger partial charge in [-0.1, -0.05) is 43.5 Å². The van der Waals surface area contributed by atoms with E-state index >= 15 is 0 Å². The molecule has 0 saturated carbocycles. The van der Waals surface area contributed by atoms with Crippen molar-refractivity contribution in [2.75, 3.05) is 5.32 Å². The summed E-state index contributed by atoms with van der Waals surface area (Å²) in [5.41, 5.74) is 8.57. The SMILES string of the molecule is CCCCC/C=C/N=C(N)NC(=O)Nc1ccc(C)cc1C.Cl. The summed E-state index contributed by atoms with van der Waals surface area (Å²) in [7, 11) is 0. The maximum atomic E-state index is 11.8. The average molecular weight is 339 g/mol. The molecule has 0 aliphatic rings. The van der Waals surface area contributed by atoms with Crippen LogP contribution in [0, 0.1) is 13.8 Å². The molecule has 6 heteroatoms. The Balaban J connectivity index is 0.00000484. The van der Waals surface area contributed by atoms with Gasteiger partial charge in [-0.25, -0.2) is 9.79 Å². The van der Waals surface area contributed by atoms with E-state index < -0.39 is 6.03 Å². The van der Waals surface area contributed by atoms with Gasteiger partial charge in [0.25, 0.3) is 0 Å². The number of nitrogens with two attached hydrogens (primary N) is 1. The highest BCUT2D eigenvalue weighted by Crippen LogP contribution is 2.15. The van der Waals surface area contributed by atoms with Crippen LogP contribution in [0.1, 0.15) is 43.7 Å². The Labute approximate surface area is 144 Å². The minimum absolute atomic E-state index is 0. The number of allylic oxidation sites excluding steroid dienone is 1. The van der Waals surface area contributed by atoms with Crippen molar-refractivity contribution in [1.82, 2.24) is 5.32 Å². The van der Waals surface area contributed by atoms with E-state index in [1.165, 1.54) is 12.8 Å². The van der Waals surface area contributed by atoms with Crippen molar-refractivity contribution in [3.8, 4) is 0 Å². The quantitative estimate of drug-likeness (QED) is 0.411. The van der Waals surface area contributed by atoms with Crippen molar-refractivity contribution in [3.05, 3.63) is 41.6 Å². The molecular formula is C17H27ClN4O. The fourth-order valence-corrected chi connectivity index (χ4v) is 1.98. The first kappa shape index (κ1) is 21.0. The number of carbonyl (C=O) groups is 1. The zero-order chi connectivity index (χ0) is 16.4. The van der Waals surface area contributed by atoms with E-state index in [1.54, 1.807) is 6.20 Å². The third kappa shape index (κ3) is 8.88. The molecule has 128 valence electrons. The lowest BCUT2D eigenvalue weighted by Crippen LogP contribution is -2.39. The Morgan fingerprint density at radius 2 is 2.04 bits per heavy atom. The molecule has 0 spiro atoms. The van der Waals surface area contributed by atoms with E-state index in [0.29, 0.717) is 0 Å². The molecule has 2 amide bonds. The summed E-state index contributed by atoms with van der Waals surface area (Å²) in [6.07, 6.45) is 8.09. The van der Waals surface area contributed by atoms with Crippen molar-refractivity contribution >= 4 is 30.1 Å². The van der Waals surface area contributed by atoms with Gasteiger partial charge in [0.15, 0.2) is 0 Å². The van der Waals surface area contributed by atoms with Gasteiger partial charge in [0.05, 0.1) is 0 Å². The van der Waals surface area contributed by atoms with Gasteiger partial charge in [-0.05, 0) is 38.3 Å². The number of nitrogens with zero attached hydrogens (tertiary/aromatic N) is 1. The summed E-state index contributed by atoms with van der Waals surface area (Å²) in [5.74, 6) is 0.0778. The average Bonchev–Trinajstić information content (AvgIpc) is 2.45. The number of hydrogen-bond donors (Lipinski definition) is 3. The maximum absolute atomic E-state index is 11.8. The van der Waals surface area contributed by atoms with Crippen LogP contribution in [0.5, 0.6) is 0 Å². The molecule has 23 heavy (non-hydrogen) atoms. The second-order valence-corrected chi connectivity index (χ2v) is 5.29. The van der Waals surface area contributed by atoms with Crippen LogP contribution in [-0.2, 0) is 0 Å². The van der Waals surface area contributed by atoms with Crippen LogP contribution in [0.4, 0.5) is 10.5 Å². The molecule has 0 bridgehead atoms. The topological polar surface area (TPSA) is 79.5 Å². The number of carbonyl (C=O) groups excluding carboxylic acids is 1. The van der Waals surface area contributed by atoms with Gasteiger partial charge in [0.1, 0.15) is 0 Å². The van der Waals surface area contributed by atoms with Crippen LogP contribution in [0.3, 0.4) is 0 Å². The van der Waals surface area contributed by atoms with Crippen LogP contribution >= 0.6 is 12.4 Å². The zero-order valence-electron chi connectivity index (χ0n) is 14.1. The molecule has 1 aromatic carbocycles. The third-order valence-corrected chi connectivity index (χ3v) is 3.17. The van der Waals surface area contributed by atoms with Crippen molar-refractivity contribution < 1.29 is 4.79 Å². The molecule has 5 nitrogen and oxygen atoms in total. The Morgan fingerprint density at radius 1 is 1.30 bits per heavy atom. The van der Waals surface area contributed by atoms with Gasteiger partial charge in [0, 0.05) is 11.9 Å². The predicted octanol–water partition coefficient (Wildman–Crippen LogP) is 4.26. The standard InChI is InChI=1S/C17H26N4O.ClH/c1-4-5-6-7-8-11-19-16(18)21-17(22)20-15-10-9-13(2)12-14(15)3;/h8-12H,4-7H2,1-3H3,(H4,18,19,20,21,22);1H/b11-8+;. The van der Waals surface area contributed by atoms with Gasteiger partial charge in [-0.15, -0.1) is 12.4 Å². The first-order chi connectivity index (χ1) is 10.5. The Bertz CT molecular complexity index is 556. The van der Waals surface area contributed by atoms with E-state index in [2.05, 4.69) is 22.5 Å².